The monoisotopic (exact) mass is 350 g/mol. The third-order valence-corrected chi connectivity index (χ3v) is 4.88. The van der Waals surface area contributed by atoms with Crippen LogP contribution in [0.4, 0.5) is 8.78 Å². The van der Waals surface area contributed by atoms with Gasteiger partial charge < -0.3 is 4.74 Å². The number of halogens is 2. The van der Waals surface area contributed by atoms with Crippen LogP contribution in [0.2, 0.25) is 0 Å². The van der Waals surface area contributed by atoms with E-state index >= 15 is 0 Å². The molecule has 126 valence electrons. The minimum Gasteiger partial charge on any atom is -0.489 e. The molecule has 0 N–H and O–H groups in total. The lowest BCUT2D eigenvalue weighted by Crippen LogP contribution is -2.40. The van der Waals surface area contributed by atoms with Crippen molar-refractivity contribution < 1.29 is 13.5 Å². The normalized spacial score (nSPS) is 17.6. The number of hydrogen-bond donors (Lipinski definition) is 0. The second kappa shape index (κ2) is 7.64. The molecule has 1 fully saturated rings. The number of thiazole rings is 1. The number of pyridine rings is 1. The van der Waals surface area contributed by atoms with Gasteiger partial charge in [-0.15, -0.1) is 11.3 Å². The number of ether oxygens (including phenoxy) is 1. The summed E-state index contributed by atoms with van der Waals surface area (Å²) in [5.41, 5.74) is 1.10. The van der Waals surface area contributed by atoms with Crippen molar-refractivity contribution in [2.75, 3.05) is 13.1 Å². The lowest BCUT2D eigenvalue weighted by molar-refractivity contribution is 0.0864. The Morgan fingerprint density at radius 1 is 1.38 bits per heavy atom. The Labute approximate surface area is 142 Å². The van der Waals surface area contributed by atoms with E-state index in [2.05, 4.69) is 16.0 Å². The highest BCUT2D eigenvalue weighted by molar-refractivity contribution is 7.09. The maximum Gasteiger partial charge on any atom is 0.281 e. The molecule has 1 aliphatic heterocycles. The van der Waals surface area contributed by atoms with E-state index in [4.69, 9.17) is 4.74 Å². The molecule has 1 aliphatic rings. The molecular formula is C16H16F2N4OS. The van der Waals surface area contributed by atoms with Gasteiger partial charge in [-0.3, -0.25) is 9.88 Å². The van der Waals surface area contributed by atoms with E-state index in [0.717, 1.165) is 29.9 Å². The molecule has 2 aromatic heterocycles. The Balaban J connectivity index is 1.63. The highest BCUT2D eigenvalue weighted by atomic mass is 32.1. The first-order valence-electron chi connectivity index (χ1n) is 7.61. The predicted octanol–water partition coefficient (Wildman–Crippen LogP) is 3.58. The maximum absolute atomic E-state index is 13.0. The Bertz CT molecular complexity index is 696. The van der Waals surface area contributed by atoms with Crippen molar-refractivity contribution in [1.82, 2.24) is 14.9 Å². The van der Waals surface area contributed by atoms with Gasteiger partial charge in [0.25, 0.3) is 6.43 Å². The van der Waals surface area contributed by atoms with Crippen LogP contribution < -0.4 is 4.74 Å². The van der Waals surface area contributed by atoms with Crippen molar-refractivity contribution in [2.24, 2.45) is 0 Å². The smallest absolute Gasteiger partial charge is 0.281 e. The van der Waals surface area contributed by atoms with Crippen LogP contribution >= 0.6 is 11.3 Å². The number of nitrogens with zero attached hydrogens (tertiary/aromatic N) is 4. The summed E-state index contributed by atoms with van der Waals surface area (Å²) in [4.78, 5) is 9.99. The molecule has 0 radical (unpaired) electrons. The lowest BCUT2D eigenvalue weighted by Gasteiger charge is -2.34. The predicted molar refractivity (Wildman–Crippen MR) is 84.9 cm³/mol. The van der Waals surface area contributed by atoms with Crippen molar-refractivity contribution in [3.05, 3.63) is 40.6 Å². The van der Waals surface area contributed by atoms with Gasteiger partial charge in [0.05, 0.1) is 22.7 Å². The summed E-state index contributed by atoms with van der Waals surface area (Å²) in [6.45, 7) is 1.23. The molecule has 1 unspecified atom stereocenters. The Hall–Kier alpha value is -2.11. The number of piperidine rings is 1. The van der Waals surface area contributed by atoms with Crippen LogP contribution in [0.25, 0.3) is 0 Å². The zero-order chi connectivity index (χ0) is 16.9. The van der Waals surface area contributed by atoms with Gasteiger partial charge in [-0.1, -0.05) is 0 Å². The fraction of sp³-hybridized carbons (Fsp3) is 0.438. The average molecular weight is 350 g/mol. The number of aromatic nitrogens is 2. The van der Waals surface area contributed by atoms with Crippen LogP contribution in [-0.4, -0.2) is 34.1 Å². The standard InChI is InChI=1S/C16H16F2N4OS/c17-16(18)14-15(24-10-21-14)13(8-19)22-6-3-11(4-7-22)23-12-2-1-5-20-9-12/h1-2,5,9-11,13,16H,3-4,6-7H2. The van der Waals surface area contributed by atoms with Crippen molar-refractivity contribution in [2.45, 2.75) is 31.4 Å². The Morgan fingerprint density at radius 3 is 2.79 bits per heavy atom. The third-order valence-electron chi connectivity index (χ3n) is 3.98. The Kier molecular flexibility index (Phi) is 5.33. The van der Waals surface area contributed by atoms with Crippen molar-refractivity contribution in [3.63, 3.8) is 0 Å². The highest BCUT2D eigenvalue weighted by Gasteiger charge is 2.31. The fourth-order valence-electron chi connectivity index (χ4n) is 2.80. The highest BCUT2D eigenvalue weighted by Crippen LogP contribution is 2.34. The summed E-state index contributed by atoms with van der Waals surface area (Å²) in [6, 6.07) is 5.13. The first kappa shape index (κ1) is 16.7. The number of hydrogen-bond acceptors (Lipinski definition) is 6. The fourth-order valence-corrected chi connectivity index (χ4v) is 3.67. The molecule has 0 bridgehead atoms. The van der Waals surface area contributed by atoms with Crippen molar-refractivity contribution >= 4 is 11.3 Å². The van der Waals surface area contributed by atoms with Crippen molar-refractivity contribution in [3.8, 4) is 11.8 Å². The SMILES string of the molecule is N#CC(c1scnc1C(F)F)N1CCC(Oc2cccnc2)CC1. The zero-order valence-corrected chi connectivity index (χ0v) is 13.6. The van der Waals surface area contributed by atoms with Crippen molar-refractivity contribution in [1.29, 1.82) is 5.26 Å². The first-order valence-corrected chi connectivity index (χ1v) is 8.48. The number of nitriles is 1. The third kappa shape index (κ3) is 3.68. The number of alkyl halides is 2. The summed E-state index contributed by atoms with van der Waals surface area (Å²) in [5.74, 6) is 0.718. The molecule has 0 aromatic carbocycles. The van der Waals surface area contributed by atoms with E-state index in [1.165, 1.54) is 5.51 Å². The number of likely N-dealkylation sites (tertiary alicyclic amines) is 1. The largest absolute Gasteiger partial charge is 0.489 e. The molecule has 0 aliphatic carbocycles. The molecule has 1 atom stereocenters. The van der Waals surface area contributed by atoms with E-state index in [-0.39, 0.29) is 11.8 Å². The Morgan fingerprint density at radius 2 is 2.17 bits per heavy atom. The molecule has 0 amide bonds. The van der Waals surface area contributed by atoms with E-state index in [1.807, 2.05) is 17.0 Å². The van der Waals surface area contributed by atoms with Crippen LogP contribution in [0.15, 0.2) is 30.0 Å². The quantitative estimate of drug-likeness (QED) is 0.825. The molecule has 24 heavy (non-hydrogen) atoms. The summed E-state index contributed by atoms with van der Waals surface area (Å²) >= 11 is 1.11. The minimum absolute atomic E-state index is 0.0424. The topological polar surface area (TPSA) is 62.0 Å². The van der Waals surface area contributed by atoms with Crippen LogP contribution in [0.1, 0.15) is 35.9 Å². The van der Waals surface area contributed by atoms with Crippen LogP contribution in [-0.2, 0) is 0 Å². The van der Waals surface area contributed by atoms with E-state index in [9.17, 15) is 14.0 Å². The molecule has 8 heteroatoms. The maximum atomic E-state index is 13.0. The second-order valence-electron chi connectivity index (χ2n) is 5.48. The van der Waals surface area contributed by atoms with Gasteiger partial charge in [0.15, 0.2) is 0 Å². The minimum atomic E-state index is -2.66. The van der Waals surface area contributed by atoms with Crippen LogP contribution in [0.5, 0.6) is 5.75 Å². The van der Waals surface area contributed by atoms with E-state index < -0.39 is 12.5 Å². The van der Waals surface area contributed by atoms with Gasteiger partial charge >= 0.3 is 0 Å². The molecule has 2 aromatic rings. The van der Waals surface area contributed by atoms with Gasteiger partial charge in [0.2, 0.25) is 0 Å². The van der Waals surface area contributed by atoms with E-state index in [1.54, 1.807) is 12.4 Å². The van der Waals surface area contributed by atoms with Gasteiger partial charge in [0.1, 0.15) is 23.6 Å². The summed E-state index contributed by atoms with van der Waals surface area (Å²) in [5, 5.41) is 9.46. The molecule has 1 saturated heterocycles. The summed E-state index contributed by atoms with van der Waals surface area (Å²) in [6.07, 6.45) is 2.19. The molecule has 0 saturated carbocycles. The molecule has 5 nitrogen and oxygen atoms in total. The van der Waals surface area contributed by atoms with Gasteiger partial charge in [-0.05, 0) is 25.0 Å². The number of rotatable bonds is 5. The van der Waals surface area contributed by atoms with E-state index in [0.29, 0.717) is 18.0 Å². The summed E-state index contributed by atoms with van der Waals surface area (Å²) < 4.78 is 31.9. The lowest BCUT2D eigenvalue weighted by atomic mass is 10.0. The van der Waals surface area contributed by atoms with Gasteiger partial charge in [-0.2, -0.15) is 5.26 Å². The van der Waals surface area contributed by atoms with Gasteiger partial charge in [0, 0.05) is 19.3 Å². The zero-order valence-electron chi connectivity index (χ0n) is 12.8. The molecule has 0 spiro atoms. The van der Waals surface area contributed by atoms with Crippen LogP contribution in [0.3, 0.4) is 0 Å². The second-order valence-corrected chi connectivity index (χ2v) is 6.36. The van der Waals surface area contributed by atoms with Crippen LogP contribution in [0, 0.1) is 11.3 Å². The molecule has 3 heterocycles. The van der Waals surface area contributed by atoms with Gasteiger partial charge in [-0.25, -0.2) is 13.8 Å². The first-order chi connectivity index (χ1) is 11.7. The summed E-state index contributed by atoms with van der Waals surface area (Å²) in [7, 11) is 0. The molecule has 3 rings (SSSR count). The average Bonchev–Trinajstić information content (AvgIpc) is 3.08. The molecular weight excluding hydrogens is 334 g/mol.